The lowest BCUT2D eigenvalue weighted by Gasteiger charge is -2.33. The standard InChI is InChI=1S/C56H48N2/c1-53(39-22-9-5-10-23-39)37-55(3,41-26-13-7-14-27-41)51-49(53)45-32-17-19-34-47(45)57(51)43-30-21-31-44(36-43)58-48-35-20-18-33-46(48)50-52(58)56(4,42-28-15-8-16-29-42)38-54(50,2)40-24-11-6-12-25-40/h5-36H,37-38H2,1-4H3. The smallest absolute Gasteiger partial charge is 0.0535 e. The van der Waals surface area contributed by atoms with Gasteiger partial charge in [-0.15, -0.1) is 0 Å². The number of nitrogens with zero attached hydrogens (tertiary/aromatic N) is 2. The summed E-state index contributed by atoms with van der Waals surface area (Å²) in [5.41, 5.74) is 15.1. The maximum absolute atomic E-state index is 2.62. The highest BCUT2D eigenvalue weighted by Gasteiger charge is 2.54. The molecule has 0 radical (unpaired) electrons. The van der Waals surface area contributed by atoms with Gasteiger partial charge >= 0.3 is 0 Å². The third kappa shape index (κ3) is 4.72. The lowest BCUT2D eigenvalue weighted by Crippen LogP contribution is -2.28. The molecule has 58 heavy (non-hydrogen) atoms. The molecule has 0 N–H and O–H groups in total. The zero-order valence-electron chi connectivity index (χ0n) is 33.8. The van der Waals surface area contributed by atoms with E-state index in [0.29, 0.717) is 0 Å². The Morgan fingerprint density at radius 3 is 1.00 bits per heavy atom. The molecule has 0 amide bonds. The molecule has 11 rings (SSSR count). The summed E-state index contributed by atoms with van der Waals surface area (Å²) in [6.07, 6.45) is 1.96. The molecule has 2 nitrogen and oxygen atoms in total. The second-order valence-corrected chi connectivity index (χ2v) is 17.8. The number of benzene rings is 7. The van der Waals surface area contributed by atoms with Crippen molar-refractivity contribution in [3.8, 4) is 11.4 Å². The molecular weight excluding hydrogens is 701 g/mol. The summed E-state index contributed by atoms with van der Waals surface area (Å²) in [6, 6.07) is 72.5. The van der Waals surface area contributed by atoms with Crippen molar-refractivity contribution in [1.82, 2.24) is 9.13 Å². The molecule has 2 aromatic heterocycles. The van der Waals surface area contributed by atoms with E-state index in [4.69, 9.17) is 0 Å². The van der Waals surface area contributed by atoms with Gasteiger partial charge in [0.2, 0.25) is 0 Å². The van der Waals surface area contributed by atoms with Crippen LogP contribution in [0.4, 0.5) is 0 Å². The van der Waals surface area contributed by atoms with Gasteiger partial charge in [-0.1, -0.05) is 178 Å². The van der Waals surface area contributed by atoms with Gasteiger partial charge in [0.25, 0.3) is 0 Å². The minimum atomic E-state index is -0.249. The first-order chi connectivity index (χ1) is 28.3. The average Bonchev–Trinajstić information content (AvgIpc) is 3.97. The molecule has 2 heteroatoms. The molecule has 0 saturated carbocycles. The van der Waals surface area contributed by atoms with Crippen LogP contribution in [0.25, 0.3) is 33.2 Å². The second-order valence-electron chi connectivity index (χ2n) is 17.8. The largest absolute Gasteiger partial charge is 0.312 e. The minimum Gasteiger partial charge on any atom is -0.312 e. The summed E-state index contributed by atoms with van der Waals surface area (Å²) >= 11 is 0. The highest BCUT2D eigenvalue weighted by atomic mass is 15.1. The zero-order chi connectivity index (χ0) is 39.3. The molecule has 2 aliphatic rings. The number of hydrogen-bond donors (Lipinski definition) is 0. The van der Waals surface area contributed by atoms with E-state index >= 15 is 0 Å². The fourth-order valence-electron chi connectivity index (χ4n) is 11.9. The molecule has 7 aromatic carbocycles. The molecule has 2 heterocycles. The summed E-state index contributed by atoms with van der Waals surface area (Å²) in [7, 11) is 0. The van der Waals surface area contributed by atoms with E-state index in [9.17, 15) is 0 Å². The van der Waals surface area contributed by atoms with Crippen LogP contribution in [-0.2, 0) is 21.7 Å². The maximum atomic E-state index is 2.62. The van der Waals surface area contributed by atoms with Crippen LogP contribution in [0.3, 0.4) is 0 Å². The molecule has 9 aromatic rings. The van der Waals surface area contributed by atoms with Gasteiger partial charge in [-0.2, -0.15) is 0 Å². The molecule has 4 atom stereocenters. The molecule has 0 saturated heterocycles. The molecule has 4 unspecified atom stereocenters. The molecule has 0 aliphatic heterocycles. The highest BCUT2D eigenvalue weighted by molar-refractivity contribution is 5.93. The van der Waals surface area contributed by atoms with E-state index in [0.717, 1.165) is 12.8 Å². The molecule has 2 aliphatic carbocycles. The Morgan fingerprint density at radius 1 is 0.328 bits per heavy atom. The third-order valence-electron chi connectivity index (χ3n) is 14.3. The van der Waals surface area contributed by atoms with Crippen LogP contribution >= 0.6 is 0 Å². The van der Waals surface area contributed by atoms with Gasteiger partial charge in [-0.25, -0.2) is 0 Å². The van der Waals surface area contributed by atoms with Crippen molar-refractivity contribution in [2.24, 2.45) is 0 Å². The molecule has 0 bridgehead atoms. The number of hydrogen-bond acceptors (Lipinski definition) is 0. The Balaban J connectivity index is 1.21. The SMILES string of the molecule is CC1(c2ccccc2)CC(C)(c2ccccc2)c2c1c1ccccc1n2-c1cccc(-n2c3c(c4ccccc42)C(C)(c2ccccc2)CC3(C)c2ccccc2)c1. The van der Waals surface area contributed by atoms with Crippen LogP contribution in [0.1, 0.15) is 85.3 Å². The van der Waals surface area contributed by atoms with E-state index in [1.807, 2.05) is 0 Å². The zero-order valence-corrected chi connectivity index (χ0v) is 33.8. The van der Waals surface area contributed by atoms with Gasteiger partial charge in [0.15, 0.2) is 0 Å². The normalized spacial score (nSPS) is 23.7. The van der Waals surface area contributed by atoms with Crippen LogP contribution in [0.5, 0.6) is 0 Å². The highest BCUT2D eigenvalue weighted by Crippen LogP contribution is 2.61. The van der Waals surface area contributed by atoms with Gasteiger partial charge in [-0.3, -0.25) is 0 Å². The summed E-state index contributed by atoms with van der Waals surface area (Å²) in [6.45, 7) is 9.92. The topological polar surface area (TPSA) is 9.86 Å². The van der Waals surface area contributed by atoms with Gasteiger partial charge in [-0.05, 0) is 90.4 Å². The van der Waals surface area contributed by atoms with Crippen molar-refractivity contribution in [2.45, 2.75) is 62.2 Å². The lowest BCUT2D eigenvalue weighted by molar-refractivity contribution is 0.443. The van der Waals surface area contributed by atoms with Crippen molar-refractivity contribution in [3.05, 3.63) is 239 Å². The van der Waals surface area contributed by atoms with Crippen LogP contribution in [0.15, 0.2) is 194 Å². The fraction of sp³-hybridized carbons (Fsp3) is 0.179. The van der Waals surface area contributed by atoms with Crippen molar-refractivity contribution in [2.75, 3.05) is 0 Å². The van der Waals surface area contributed by atoms with Crippen LogP contribution in [0, 0.1) is 0 Å². The van der Waals surface area contributed by atoms with Crippen LogP contribution < -0.4 is 0 Å². The first kappa shape index (κ1) is 34.8. The predicted octanol–water partition coefficient (Wildman–Crippen LogP) is 13.6. The first-order valence-corrected chi connectivity index (χ1v) is 20.9. The van der Waals surface area contributed by atoms with E-state index in [2.05, 4.69) is 231 Å². The predicted molar refractivity (Wildman–Crippen MR) is 241 cm³/mol. The number of fused-ring (bicyclic) bond motifs is 6. The first-order valence-electron chi connectivity index (χ1n) is 20.9. The quantitative estimate of drug-likeness (QED) is 0.160. The number of rotatable bonds is 6. The fourth-order valence-corrected chi connectivity index (χ4v) is 11.9. The van der Waals surface area contributed by atoms with Gasteiger partial charge in [0.05, 0.1) is 11.0 Å². The maximum Gasteiger partial charge on any atom is 0.0535 e. The monoisotopic (exact) mass is 748 g/mol. The van der Waals surface area contributed by atoms with Gasteiger partial charge in [0.1, 0.15) is 0 Å². The van der Waals surface area contributed by atoms with E-state index in [1.165, 1.54) is 77.9 Å². The van der Waals surface area contributed by atoms with Crippen molar-refractivity contribution >= 4 is 21.8 Å². The number of aromatic nitrogens is 2. The second kappa shape index (κ2) is 12.6. The Labute approximate surface area is 342 Å². The summed E-state index contributed by atoms with van der Waals surface area (Å²) in [5.74, 6) is 0. The Kier molecular flexibility index (Phi) is 7.54. The molecule has 0 spiro atoms. The molecule has 0 fully saturated rings. The van der Waals surface area contributed by atoms with Crippen LogP contribution in [0.2, 0.25) is 0 Å². The van der Waals surface area contributed by atoms with Crippen molar-refractivity contribution in [1.29, 1.82) is 0 Å². The minimum absolute atomic E-state index is 0.194. The van der Waals surface area contributed by atoms with Gasteiger partial charge < -0.3 is 9.13 Å². The number of para-hydroxylation sites is 2. The van der Waals surface area contributed by atoms with Crippen molar-refractivity contribution in [3.63, 3.8) is 0 Å². The Bertz CT molecular complexity index is 2790. The lowest BCUT2D eigenvalue weighted by atomic mass is 9.71. The van der Waals surface area contributed by atoms with Gasteiger partial charge in [0, 0.05) is 55.2 Å². The molecular formula is C56H48N2. The van der Waals surface area contributed by atoms with E-state index < -0.39 is 0 Å². The average molecular weight is 749 g/mol. The van der Waals surface area contributed by atoms with E-state index in [-0.39, 0.29) is 21.7 Å². The Morgan fingerprint density at radius 2 is 0.638 bits per heavy atom. The Hall–Kier alpha value is -6.38. The van der Waals surface area contributed by atoms with E-state index in [1.54, 1.807) is 0 Å². The summed E-state index contributed by atoms with van der Waals surface area (Å²) in [4.78, 5) is 0. The molecule has 282 valence electrons. The van der Waals surface area contributed by atoms with Crippen molar-refractivity contribution < 1.29 is 0 Å². The van der Waals surface area contributed by atoms with Crippen LogP contribution in [-0.4, -0.2) is 9.13 Å². The summed E-state index contributed by atoms with van der Waals surface area (Å²) < 4.78 is 5.23. The third-order valence-corrected chi connectivity index (χ3v) is 14.3. The summed E-state index contributed by atoms with van der Waals surface area (Å²) in [5, 5.41) is 2.66.